The maximum Gasteiger partial charge on any atom is 0.321 e. The summed E-state index contributed by atoms with van der Waals surface area (Å²) < 4.78 is 6.54. The van der Waals surface area contributed by atoms with E-state index >= 15 is 0 Å². The Kier molecular flexibility index (Phi) is 5.95. The number of aryl methyl sites for hydroxylation is 1. The predicted molar refractivity (Wildman–Crippen MR) is 79.8 cm³/mol. The van der Waals surface area contributed by atoms with Crippen LogP contribution in [0.4, 0.5) is 5.69 Å². The van der Waals surface area contributed by atoms with Crippen molar-refractivity contribution in [1.82, 2.24) is 0 Å². The highest BCUT2D eigenvalue weighted by Crippen LogP contribution is 2.32. The highest BCUT2D eigenvalue weighted by Gasteiger charge is 2.16. The molecule has 17 heavy (non-hydrogen) atoms. The van der Waals surface area contributed by atoms with Crippen molar-refractivity contribution in [3.05, 3.63) is 26.6 Å². The molecule has 1 atom stereocenters. The topological polar surface area (TPSA) is 38.3 Å². The van der Waals surface area contributed by atoms with E-state index in [9.17, 15) is 4.79 Å². The third-order valence-corrected chi connectivity index (χ3v) is 4.05. The number of nitrogens with one attached hydrogen (secondary N) is 1. The molecule has 0 saturated carbocycles. The van der Waals surface area contributed by atoms with E-state index in [1.54, 1.807) is 0 Å². The summed E-state index contributed by atoms with van der Waals surface area (Å²) in [4.78, 5) is 10.9. The van der Waals surface area contributed by atoms with Crippen molar-refractivity contribution in [3.63, 3.8) is 0 Å². The number of hydrogen-bond donors (Lipinski definition) is 1. The lowest BCUT2D eigenvalue weighted by molar-refractivity contribution is -0.139. The lowest BCUT2D eigenvalue weighted by Gasteiger charge is -2.14. The third-order valence-electron chi connectivity index (χ3n) is 2.10. The molecule has 1 N–H and O–H groups in total. The van der Waals surface area contributed by atoms with Crippen molar-refractivity contribution < 1.29 is 9.53 Å². The highest BCUT2D eigenvalue weighted by molar-refractivity contribution is 9.11. The average Bonchev–Trinajstić information content (AvgIpc) is 2.26. The summed E-state index contributed by atoms with van der Waals surface area (Å²) in [6, 6.07) is 4.02. The number of anilines is 1. The number of carbonyl (C=O) groups excluding carboxylic acids is 1. The molecule has 0 bridgehead atoms. The SMILES string of the molecule is COC(=O)C(Br)CNc1c(Br)cc(C)cc1Br. The molecule has 3 nitrogen and oxygen atoms in total. The van der Waals surface area contributed by atoms with Crippen LogP contribution < -0.4 is 5.32 Å². The molecule has 0 aromatic heterocycles. The lowest BCUT2D eigenvalue weighted by atomic mass is 10.2. The van der Waals surface area contributed by atoms with Crippen molar-refractivity contribution in [1.29, 1.82) is 0 Å². The van der Waals surface area contributed by atoms with E-state index < -0.39 is 0 Å². The van der Waals surface area contributed by atoms with Crippen LogP contribution in [0.25, 0.3) is 0 Å². The molecule has 6 heteroatoms. The molecule has 0 heterocycles. The zero-order valence-corrected chi connectivity index (χ0v) is 14.1. The zero-order chi connectivity index (χ0) is 13.0. The molecular formula is C11H12Br3NO2. The predicted octanol–water partition coefficient (Wildman–Crippen LogP) is 3.87. The van der Waals surface area contributed by atoms with Crippen LogP contribution in [0.5, 0.6) is 0 Å². The van der Waals surface area contributed by atoms with Crippen LogP contribution in [0.2, 0.25) is 0 Å². The Bertz CT molecular complexity index is 400. The maximum atomic E-state index is 11.2. The molecule has 0 aliphatic heterocycles. The van der Waals surface area contributed by atoms with Gasteiger partial charge >= 0.3 is 5.97 Å². The van der Waals surface area contributed by atoms with Crippen LogP contribution in [0.1, 0.15) is 5.56 Å². The summed E-state index contributed by atoms with van der Waals surface area (Å²) in [5.41, 5.74) is 2.07. The number of alkyl halides is 1. The van der Waals surface area contributed by atoms with Gasteiger partial charge in [-0.1, -0.05) is 15.9 Å². The van der Waals surface area contributed by atoms with Crippen molar-refractivity contribution in [3.8, 4) is 0 Å². The molecule has 0 spiro atoms. The van der Waals surface area contributed by atoms with Gasteiger partial charge in [0.2, 0.25) is 0 Å². The Hall–Kier alpha value is -0.0700. The number of carbonyl (C=O) groups is 1. The van der Waals surface area contributed by atoms with Gasteiger partial charge in [0.25, 0.3) is 0 Å². The molecule has 0 radical (unpaired) electrons. The minimum Gasteiger partial charge on any atom is -0.468 e. The third kappa shape index (κ3) is 4.26. The Morgan fingerprint density at radius 3 is 2.41 bits per heavy atom. The number of methoxy groups -OCH3 is 1. The average molecular weight is 430 g/mol. The summed E-state index contributed by atoms with van der Waals surface area (Å²) in [7, 11) is 1.37. The largest absolute Gasteiger partial charge is 0.468 e. The van der Waals surface area contributed by atoms with E-state index in [-0.39, 0.29) is 10.8 Å². The van der Waals surface area contributed by atoms with Crippen molar-refractivity contribution >= 4 is 59.4 Å². The summed E-state index contributed by atoms with van der Waals surface area (Å²) >= 11 is 10.2. The molecular weight excluding hydrogens is 418 g/mol. The van der Waals surface area contributed by atoms with Crippen LogP contribution in [0.3, 0.4) is 0 Å². The molecule has 0 aliphatic rings. The molecule has 1 aromatic rings. The second-order valence-corrected chi connectivity index (χ2v) is 6.29. The van der Waals surface area contributed by atoms with E-state index in [1.165, 1.54) is 7.11 Å². The summed E-state index contributed by atoms with van der Waals surface area (Å²) in [6.45, 7) is 2.47. The fraction of sp³-hybridized carbons (Fsp3) is 0.364. The molecule has 0 amide bonds. The molecule has 1 aromatic carbocycles. The fourth-order valence-electron chi connectivity index (χ4n) is 1.27. The van der Waals surface area contributed by atoms with Gasteiger partial charge in [0.1, 0.15) is 4.83 Å². The molecule has 0 fully saturated rings. The number of hydrogen-bond acceptors (Lipinski definition) is 3. The van der Waals surface area contributed by atoms with E-state index in [0.717, 1.165) is 20.2 Å². The van der Waals surface area contributed by atoms with Gasteiger partial charge in [-0.3, -0.25) is 4.79 Å². The first-order valence-corrected chi connectivity index (χ1v) is 7.37. The smallest absolute Gasteiger partial charge is 0.321 e. The number of ether oxygens (including phenoxy) is 1. The van der Waals surface area contributed by atoms with Gasteiger partial charge in [0, 0.05) is 15.5 Å². The quantitative estimate of drug-likeness (QED) is 0.583. The van der Waals surface area contributed by atoms with Crippen molar-refractivity contribution in [2.75, 3.05) is 19.0 Å². The number of benzene rings is 1. The molecule has 94 valence electrons. The van der Waals surface area contributed by atoms with Crippen molar-refractivity contribution in [2.24, 2.45) is 0 Å². The Labute approximate surface area is 126 Å². The highest BCUT2D eigenvalue weighted by atomic mass is 79.9. The van der Waals surface area contributed by atoms with E-state index in [1.807, 2.05) is 19.1 Å². The lowest BCUT2D eigenvalue weighted by Crippen LogP contribution is -2.24. The maximum absolute atomic E-state index is 11.2. The number of rotatable bonds is 4. The second-order valence-electron chi connectivity index (χ2n) is 3.48. The van der Waals surface area contributed by atoms with Gasteiger partial charge in [-0.2, -0.15) is 0 Å². The summed E-state index contributed by atoms with van der Waals surface area (Å²) in [5, 5.41) is 3.18. The first-order valence-electron chi connectivity index (χ1n) is 4.87. The molecule has 1 rings (SSSR count). The van der Waals surface area contributed by atoms with Crippen LogP contribution in [-0.2, 0) is 9.53 Å². The Morgan fingerprint density at radius 2 is 1.94 bits per heavy atom. The molecule has 0 aliphatic carbocycles. The molecule has 1 unspecified atom stereocenters. The summed E-state index contributed by atoms with van der Waals surface area (Å²) in [5.74, 6) is -0.295. The minimum atomic E-state index is -0.368. The van der Waals surface area contributed by atoms with Gasteiger partial charge < -0.3 is 10.1 Å². The second kappa shape index (κ2) is 6.75. The Balaban J connectivity index is 2.73. The fourth-order valence-corrected chi connectivity index (χ4v) is 3.32. The van der Waals surface area contributed by atoms with Crippen LogP contribution in [-0.4, -0.2) is 24.5 Å². The first-order chi connectivity index (χ1) is 7.95. The van der Waals surface area contributed by atoms with Crippen LogP contribution in [0, 0.1) is 6.92 Å². The normalized spacial score (nSPS) is 12.1. The number of halogens is 3. The Morgan fingerprint density at radius 1 is 1.41 bits per heavy atom. The van der Waals surface area contributed by atoms with Gasteiger partial charge in [-0.15, -0.1) is 0 Å². The van der Waals surface area contributed by atoms with Gasteiger partial charge in [0.15, 0.2) is 0 Å². The van der Waals surface area contributed by atoms with Gasteiger partial charge in [0.05, 0.1) is 12.8 Å². The standard InChI is InChI=1S/C11H12Br3NO2/c1-6-3-7(12)10(8(13)4-6)15-5-9(14)11(16)17-2/h3-4,9,15H,5H2,1-2H3. The van der Waals surface area contributed by atoms with E-state index in [2.05, 4.69) is 57.8 Å². The van der Waals surface area contributed by atoms with Gasteiger partial charge in [-0.25, -0.2) is 0 Å². The number of esters is 1. The van der Waals surface area contributed by atoms with E-state index in [0.29, 0.717) is 6.54 Å². The minimum absolute atomic E-state index is 0.295. The first kappa shape index (κ1) is 15.0. The van der Waals surface area contributed by atoms with Crippen LogP contribution >= 0.6 is 47.8 Å². The van der Waals surface area contributed by atoms with Gasteiger partial charge in [-0.05, 0) is 56.5 Å². The summed E-state index contributed by atoms with van der Waals surface area (Å²) in [6.07, 6.45) is 0. The van der Waals surface area contributed by atoms with Crippen molar-refractivity contribution in [2.45, 2.75) is 11.8 Å². The zero-order valence-electron chi connectivity index (χ0n) is 9.39. The molecule has 0 saturated heterocycles. The van der Waals surface area contributed by atoms with Crippen LogP contribution in [0.15, 0.2) is 21.1 Å². The monoisotopic (exact) mass is 427 g/mol. The van der Waals surface area contributed by atoms with E-state index in [4.69, 9.17) is 0 Å².